The average molecular weight is 391 g/mol. The molecule has 0 radical (unpaired) electrons. The van der Waals surface area contributed by atoms with Crippen LogP contribution < -0.4 is 0 Å². The van der Waals surface area contributed by atoms with Gasteiger partial charge in [0.2, 0.25) is 0 Å². The van der Waals surface area contributed by atoms with E-state index < -0.39 is 0 Å². The summed E-state index contributed by atoms with van der Waals surface area (Å²) in [7, 11) is 0. The van der Waals surface area contributed by atoms with Gasteiger partial charge in [-0.2, -0.15) is 0 Å². The van der Waals surface area contributed by atoms with Gasteiger partial charge in [-0.1, -0.05) is 78.1 Å². The third-order valence-electron chi connectivity index (χ3n) is 8.67. The summed E-state index contributed by atoms with van der Waals surface area (Å²) in [4.78, 5) is 0. The van der Waals surface area contributed by atoms with Crippen LogP contribution in [-0.2, 0) is 4.74 Å². The van der Waals surface area contributed by atoms with Crippen molar-refractivity contribution >= 4 is 0 Å². The van der Waals surface area contributed by atoms with Gasteiger partial charge < -0.3 is 4.74 Å². The van der Waals surface area contributed by atoms with Gasteiger partial charge in [-0.05, 0) is 81.0 Å². The highest BCUT2D eigenvalue weighted by molar-refractivity contribution is 4.94. The molecule has 0 bridgehead atoms. The monoisotopic (exact) mass is 390 g/mol. The van der Waals surface area contributed by atoms with Gasteiger partial charge in [0.1, 0.15) is 0 Å². The second kappa shape index (κ2) is 12.6. The average Bonchev–Trinajstić information content (AvgIpc) is 2.73. The first kappa shape index (κ1) is 22.6. The highest BCUT2D eigenvalue weighted by Crippen LogP contribution is 2.53. The van der Waals surface area contributed by atoms with Crippen LogP contribution in [0, 0.1) is 29.6 Å². The van der Waals surface area contributed by atoms with Gasteiger partial charge in [-0.25, -0.2) is 0 Å². The first-order chi connectivity index (χ1) is 13.8. The molecule has 3 aliphatic rings. The van der Waals surface area contributed by atoms with Crippen molar-refractivity contribution in [3.05, 3.63) is 0 Å². The molecule has 0 saturated heterocycles. The number of ether oxygens (including phenoxy) is 1. The molecule has 0 aromatic carbocycles. The maximum atomic E-state index is 6.30. The molecule has 3 aliphatic carbocycles. The van der Waals surface area contributed by atoms with E-state index >= 15 is 0 Å². The second-order valence-corrected chi connectivity index (χ2v) is 10.7. The third kappa shape index (κ3) is 6.75. The molecule has 0 spiro atoms. The minimum atomic E-state index is 0.596. The second-order valence-electron chi connectivity index (χ2n) is 10.7. The van der Waals surface area contributed by atoms with Crippen LogP contribution in [-0.4, -0.2) is 12.7 Å². The predicted octanol–water partition coefficient (Wildman–Crippen LogP) is 8.56. The lowest BCUT2D eigenvalue weighted by Crippen LogP contribution is -2.42. The van der Waals surface area contributed by atoms with Gasteiger partial charge in [0.15, 0.2) is 0 Å². The molecule has 1 nitrogen and oxygen atoms in total. The van der Waals surface area contributed by atoms with Crippen LogP contribution >= 0.6 is 0 Å². The van der Waals surface area contributed by atoms with Crippen molar-refractivity contribution in [2.24, 2.45) is 29.6 Å². The van der Waals surface area contributed by atoms with E-state index in [0.717, 1.165) is 36.2 Å². The number of rotatable bonds is 12. The minimum Gasteiger partial charge on any atom is -0.378 e. The van der Waals surface area contributed by atoms with Gasteiger partial charge in [0.05, 0.1) is 6.10 Å². The Morgan fingerprint density at radius 3 is 2.00 bits per heavy atom. The highest BCUT2D eigenvalue weighted by atomic mass is 16.5. The fraction of sp³-hybridized carbons (Fsp3) is 1.00. The fourth-order valence-corrected chi connectivity index (χ4v) is 7.08. The van der Waals surface area contributed by atoms with Crippen LogP contribution in [0.1, 0.15) is 129 Å². The summed E-state index contributed by atoms with van der Waals surface area (Å²) >= 11 is 0. The summed E-state index contributed by atoms with van der Waals surface area (Å²) in [6, 6.07) is 0. The molecular formula is C27H50O. The Hall–Kier alpha value is -0.0400. The van der Waals surface area contributed by atoms with E-state index in [1.54, 1.807) is 25.7 Å². The maximum Gasteiger partial charge on any atom is 0.0578 e. The van der Waals surface area contributed by atoms with Crippen molar-refractivity contribution in [2.75, 3.05) is 6.61 Å². The molecule has 0 heterocycles. The lowest BCUT2D eigenvalue weighted by Gasteiger charge is -2.50. The van der Waals surface area contributed by atoms with Crippen molar-refractivity contribution in [1.29, 1.82) is 0 Å². The van der Waals surface area contributed by atoms with Crippen molar-refractivity contribution in [3.8, 4) is 0 Å². The SMILES string of the molecule is CCCCCCCC1CCC2C(CCC3CC(OCCCCCC)CCC32)C1. The lowest BCUT2D eigenvalue weighted by atomic mass is 9.56. The Balaban J connectivity index is 1.35. The molecule has 0 N–H and O–H groups in total. The quantitative estimate of drug-likeness (QED) is 0.303. The summed E-state index contributed by atoms with van der Waals surface area (Å²) in [5.41, 5.74) is 0. The Labute approximate surface area is 176 Å². The molecule has 0 amide bonds. The van der Waals surface area contributed by atoms with Crippen LogP contribution in [0.4, 0.5) is 0 Å². The topological polar surface area (TPSA) is 9.23 Å². The van der Waals surface area contributed by atoms with Crippen LogP contribution in [0.25, 0.3) is 0 Å². The maximum absolute atomic E-state index is 6.30. The zero-order chi connectivity index (χ0) is 19.6. The number of fused-ring (bicyclic) bond motifs is 3. The van der Waals surface area contributed by atoms with Crippen molar-refractivity contribution in [3.63, 3.8) is 0 Å². The van der Waals surface area contributed by atoms with Gasteiger partial charge in [-0.15, -0.1) is 0 Å². The standard InChI is InChI=1S/C27H50O/c1-3-5-7-9-10-12-22-13-17-26-23(20-22)14-15-24-21-25(16-18-27(24)26)28-19-11-8-6-4-2/h22-27H,3-21H2,1-2H3. The van der Waals surface area contributed by atoms with E-state index in [1.165, 1.54) is 89.9 Å². The Morgan fingerprint density at radius 1 is 0.607 bits per heavy atom. The fourth-order valence-electron chi connectivity index (χ4n) is 7.08. The zero-order valence-electron chi connectivity index (χ0n) is 19.3. The molecule has 3 rings (SSSR count). The van der Waals surface area contributed by atoms with E-state index in [4.69, 9.17) is 4.74 Å². The molecule has 0 aromatic rings. The molecule has 164 valence electrons. The summed E-state index contributed by atoms with van der Waals surface area (Å²) < 4.78 is 6.30. The summed E-state index contributed by atoms with van der Waals surface area (Å²) in [5.74, 6) is 5.30. The summed E-state index contributed by atoms with van der Waals surface area (Å²) in [5, 5.41) is 0. The van der Waals surface area contributed by atoms with E-state index in [1.807, 2.05) is 0 Å². The predicted molar refractivity (Wildman–Crippen MR) is 122 cm³/mol. The normalized spacial score (nSPS) is 35.4. The molecule has 6 atom stereocenters. The van der Waals surface area contributed by atoms with E-state index in [2.05, 4.69) is 13.8 Å². The minimum absolute atomic E-state index is 0.596. The molecule has 3 saturated carbocycles. The van der Waals surface area contributed by atoms with Crippen molar-refractivity contribution < 1.29 is 4.74 Å². The molecule has 0 aliphatic heterocycles. The van der Waals surface area contributed by atoms with Crippen LogP contribution in [0.3, 0.4) is 0 Å². The molecule has 0 aromatic heterocycles. The molecular weight excluding hydrogens is 340 g/mol. The van der Waals surface area contributed by atoms with Gasteiger partial charge in [0, 0.05) is 6.61 Å². The zero-order valence-corrected chi connectivity index (χ0v) is 19.3. The summed E-state index contributed by atoms with van der Waals surface area (Å²) in [6.45, 7) is 5.64. The smallest absolute Gasteiger partial charge is 0.0578 e. The summed E-state index contributed by atoms with van der Waals surface area (Å²) in [6.07, 6.45) is 26.8. The van der Waals surface area contributed by atoms with Crippen LogP contribution in [0.2, 0.25) is 0 Å². The Morgan fingerprint density at radius 2 is 1.25 bits per heavy atom. The largest absolute Gasteiger partial charge is 0.378 e. The van der Waals surface area contributed by atoms with Crippen LogP contribution in [0.15, 0.2) is 0 Å². The third-order valence-corrected chi connectivity index (χ3v) is 8.67. The van der Waals surface area contributed by atoms with Gasteiger partial charge in [0.25, 0.3) is 0 Å². The molecule has 3 fully saturated rings. The number of unbranched alkanes of at least 4 members (excludes halogenated alkanes) is 7. The molecule has 28 heavy (non-hydrogen) atoms. The van der Waals surface area contributed by atoms with Crippen molar-refractivity contribution in [1.82, 2.24) is 0 Å². The van der Waals surface area contributed by atoms with Crippen LogP contribution in [0.5, 0.6) is 0 Å². The number of hydrogen-bond acceptors (Lipinski definition) is 1. The van der Waals surface area contributed by atoms with E-state index in [9.17, 15) is 0 Å². The van der Waals surface area contributed by atoms with Gasteiger partial charge in [-0.3, -0.25) is 0 Å². The molecule has 1 heteroatoms. The molecule has 6 unspecified atom stereocenters. The first-order valence-electron chi connectivity index (χ1n) is 13.4. The Kier molecular flexibility index (Phi) is 10.2. The lowest BCUT2D eigenvalue weighted by molar-refractivity contribution is -0.0539. The van der Waals surface area contributed by atoms with Gasteiger partial charge >= 0.3 is 0 Å². The number of hydrogen-bond donors (Lipinski definition) is 0. The Bertz CT molecular complexity index is 367. The first-order valence-corrected chi connectivity index (χ1v) is 13.4. The van der Waals surface area contributed by atoms with E-state index in [-0.39, 0.29) is 0 Å². The highest BCUT2D eigenvalue weighted by Gasteiger charge is 2.44. The van der Waals surface area contributed by atoms with Crippen molar-refractivity contribution in [2.45, 2.75) is 136 Å². The van der Waals surface area contributed by atoms with E-state index in [0.29, 0.717) is 6.10 Å².